The molecule has 0 aliphatic heterocycles. The number of hydrogen-bond donors (Lipinski definition) is 2. The van der Waals surface area contributed by atoms with Gasteiger partial charge in [-0.15, -0.1) is 0 Å². The molecule has 1 amide bonds. The molecule has 0 heterocycles. The molecule has 1 aromatic carbocycles. The van der Waals surface area contributed by atoms with Gasteiger partial charge >= 0.3 is 0 Å². The first-order valence-electron chi connectivity index (χ1n) is 8.58. The largest absolute Gasteiger partial charge is 0.494 e. The van der Waals surface area contributed by atoms with E-state index in [9.17, 15) is 4.79 Å². The standard InChI is InChI=1S/C18H28N2O3/c1-2-11-22-15-7-9-16(10-8-15)23-13-18(21)20-17-6-4-3-5-14(17)12-19/h7-10,14,17H,2-6,11-13,19H2,1H3,(H,20,21). The molecule has 0 saturated heterocycles. The lowest BCUT2D eigenvalue weighted by Gasteiger charge is -2.31. The number of nitrogens with one attached hydrogen (secondary N) is 1. The van der Waals surface area contributed by atoms with Gasteiger partial charge in [0.1, 0.15) is 11.5 Å². The van der Waals surface area contributed by atoms with Gasteiger partial charge in [0, 0.05) is 6.04 Å². The number of ether oxygens (including phenoxy) is 2. The van der Waals surface area contributed by atoms with Crippen LogP contribution in [0.2, 0.25) is 0 Å². The van der Waals surface area contributed by atoms with Crippen LogP contribution in [0.1, 0.15) is 39.0 Å². The maximum Gasteiger partial charge on any atom is 0.258 e. The van der Waals surface area contributed by atoms with Crippen LogP contribution in [0.4, 0.5) is 0 Å². The molecule has 3 N–H and O–H groups in total. The summed E-state index contributed by atoms with van der Waals surface area (Å²) in [6, 6.07) is 7.54. The van der Waals surface area contributed by atoms with Crippen LogP contribution >= 0.6 is 0 Å². The highest BCUT2D eigenvalue weighted by atomic mass is 16.5. The van der Waals surface area contributed by atoms with Crippen molar-refractivity contribution < 1.29 is 14.3 Å². The molecule has 1 aliphatic carbocycles. The summed E-state index contributed by atoms with van der Waals surface area (Å²) in [6.45, 7) is 3.43. The van der Waals surface area contributed by atoms with Gasteiger partial charge in [0.15, 0.2) is 6.61 Å². The third-order valence-electron chi connectivity index (χ3n) is 4.22. The summed E-state index contributed by atoms with van der Waals surface area (Å²) in [7, 11) is 0. The average molecular weight is 320 g/mol. The minimum atomic E-state index is -0.0818. The Morgan fingerprint density at radius 1 is 1.17 bits per heavy atom. The maximum absolute atomic E-state index is 12.1. The maximum atomic E-state index is 12.1. The molecule has 1 aliphatic rings. The molecular formula is C18H28N2O3. The van der Waals surface area contributed by atoms with Crippen LogP contribution in [0.15, 0.2) is 24.3 Å². The van der Waals surface area contributed by atoms with Gasteiger partial charge in [-0.2, -0.15) is 0 Å². The van der Waals surface area contributed by atoms with Crippen molar-refractivity contribution >= 4 is 5.91 Å². The summed E-state index contributed by atoms with van der Waals surface area (Å²) in [6.07, 6.45) is 5.45. The zero-order chi connectivity index (χ0) is 16.5. The van der Waals surface area contributed by atoms with Crippen molar-refractivity contribution in [3.8, 4) is 11.5 Å². The molecule has 0 bridgehead atoms. The highest BCUT2D eigenvalue weighted by Crippen LogP contribution is 2.23. The van der Waals surface area contributed by atoms with E-state index in [2.05, 4.69) is 12.2 Å². The highest BCUT2D eigenvalue weighted by molar-refractivity contribution is 5.77. The smallest absolute Gasteiger partial charge is 0.258 e. The van der Waals surface area contributed by atoms with Crippen molar-refractivity contribution in [1.29, 1.82) is 0 Å². The van der Waals surface area contributed by atoms with E-state index in [4.69, 9.17) is 15.2 Å². The summed E-state index contributed by atoms with van der Waals surface area (Å²) < 4.78 is 11.1. The van der Waals surface area contributed by atoms with E-state index in [-0.39, 0.29) is 18.6 Å². The second-order valence-electron chi connectivity index (χ2n) is 6.06. The summed E-state index contributed by atoms with van der Waals surface area (Å²) in [5.41, 5.74) is 5.79. The fraction of sp³-hybridized carbons (Fsp3) is 0.611. The Balaban J connectivity index is 1.75. The molecule has 0 spiro atoms. The Bertz CT molecular complexity index is 476. The van der Waals surface area contributed by atoms with Crippen LogP contribution in [0, 0.1) is 5.92 Å². The molecule has 5 heteroatoms. The fourth-order valence-corrected chi connectivity index (χ4v) is 2.93. The van der Waals surface area contributed by atoms with Gasteiger partial charge in [-0.3, -0.25) is 4.79 Å². The molecule has 23 heavy (non-hydrogen) atoms. The molecule has 1 aromatic rings. The summed E-state index contributed by atoms with van der Waals surface area (Å²) in [5.74, 6) is 1.80. The molecule has 2 unspecified atom stereocenters. The molecule has 0 radical (unpaired) electrons. The van der Waals surface area contributed by atoms with E-state index >= 15 is 0 Å². The summed E-state index contributed by atoms with van der Waals surface area (Å²) >= 11 is 0. The monoisotopic (exact) mass is 320 g/mol. The quantitative estimate of drug-likeness (QED) is 0.772. The van der Waals surface area contributed by atoms with E-state index in [1.165, 1.54) is 6.42 Å². The Morgan fingerprint density at radius 3 is 2.48 bits per heavy atom. The number of benzene rings is 1. The predicted octanol–water partition coefficient (Wildman–Crippen LogP) is 2.49. The molecule has 2 rings (SSSR count). The Labute approximate surface area is 138 Å². The zero-order valence-corrected chi connectivity index (χ0v) is 13.9. The molecule has 2 atom stereocenters. The van der Waals surface area contributed by atoms with Gasteiger partial charge < -0.3 is 20.5 Å². The van der Waals surface area contributed by atoms with Crippen LogP contribution < -0.4 is 20.5 Å². The lowest BCUT2D eigenvalue weighted by atomic mass is 9.84. The van der Waals surface area contributed by atoms with Crippen molar-refractivity contribution in [2.75, 3.05) is 19.8 Å². The predicted molar refractivity (Wildman–Crippen MR) is 90.7 cm³/mol. The molecular weight excluding hydrogens is 292 g/mol. The van der Waals surface area contributed by atoms with Gasteiger partial charge in [0.25, 0.3) is 5.91 Å². The lowest BCUT2D eigenvalue weighted by Crippen LogP contribution is -2.46. The van der Waals surface area contributed by atoms with Crippen LogP contribution in [-0.2, 0) is 4.79 Å². The molecule has 1 saturated carbocycles. The van der Waals surface area contributed by atoms with Gasteiger partial charge in [-0.25, -0.2) is 0 Å². The number of hydrogen-bond acceptors (Lipinski definition) is 4. The number of rotatable bonds is 8. The Morgan fingerprint density at radius 2 is 1.83 bits per heavy atom. The second-order valence-corrected chi connectivity index (χ2v) is 6.06. The first-order valence-corrected chi connectivity index (χ1v) is 8.58. The van der Waals surface area contributed by atoms with Crippen LogP contribution in [0.25, 0.3) is 0 Å². The van der Waals surface area contributed by atoms with Crippen molar-refractivity contribution in [3.05, 3.63) is 24.3 Å². The zero-order valence-electron chi connectivity index (χ0n) is 13.9. The Kier molecular flexibility index (Phi) is 7.20. The summed E-state index contributed by atoms with van der Waals surface area (Å²) in [4.78, 5) is 12.1. The van der Waals surface area contributed by atoms with E-state index in [0.717, 1.165) is 31.4 Å². The van der Waals surface area contributed by atoms with E-state index < -0.39 is 0 Å². The SMILES string of the molecule is CCCOc1ccc(OCC(=O)NC2CCCCC2CN)cc1. The fourth-order valence-electron chi connectivity index (χ4n) is 2.93. The van der Waals surface area contributed by atoms with E-state index in [1.54, 1.807) is 0 Å². The number of amides is 1. The first kappa shape index (κ1) is 17.6. The Hall–Kier alpha value is -1.75. The second kappa shape index (κ2) is 9.40. The number of nitrogens with two attached hydrogens (primary N) is 1. The van der Waals surface area contributed by atoms with E-state index in [1.807, 2.05) is 24.3 Å². The van der Waals surface area contributed by atoms with Gasteiger partial charge in [-0.05, 0) is 56.0 Å². The van der Waals surface area contributed by atoms with Gasteiger partial charge in [0.2, 0.25) is 0 Å². The molecule has 1 fully saturated rings. The average Bonchev–Trinajstić information content (AvgIpc) is 2.59. The topological polar surface area (TPSA) is 73.6 Å². The minimum absolute atomic E-state index is 0.0307. The van der Waals surface area contributed by atoms with Crippen molar-refractivity contribution in [3.63, 3.8) is 0 Å². The molecule has 0 aromatic heterocycles. The number of carbonyl (C=O) groups excluding carboxylic acids is 1. The van der Waals surface area contributed by atoms with Crippen molar-refractivity contribution in [1.82, 2.24) is 5.32 Å². The summed E-state index contributed by atoms with van der Waals surface area (Å²) in [5, 5.41) is 3.06. The third kappa shape index (κ3) is 5.75. The van der Waals surface area contributed by atoms with Crippen LogP contribution in [0.3, 0.4) is 0 Å². The lowest BCUT2D eigenvalue weighted by molar-refractivity contribution is -0.124. The first-order chi connectivity index (χ1) is 11.2. The van der Waals surface area contributed by atoms with Crippen molar-refractivity contribution in [2.24, 2.45) is 11.7 Å². The van der Waals surface area contributed by atoms with Crippen LogP contribution in [0.5, 0.6) is 11.5 Å². The molecule has 5 nitrogen and oxygen atoms in total. The van der Waals surface area contributed by atoms with Gasteiger partial charge in [-0.1, -0.05) is 19.8 Å². The van der Waals surface area contributed by atoms with E-state index in [0.29, 0.717) is 24.8 Å². The number of carbonyl (C=O) groups is 1. The third-order valence-corrected chi connectivity index (χ3v) is 4.22. The molecule has 128 valence electrons. The van der Waals surface area contributed by atoms with Crippen LogP contribution in [-0.4, -0.2) is 31.7 Å². The normalized spacial score (nSPS) is 20.8. The minimum Gasteiger partial charge on any atom is -0.494 e. The highest BCUT2D eigenvalue weighted by Gasteiger charge is 2.25. The van der Waals surface area contributed by atoms with Crippen molar-refractivity contribution in [2.45, 2.75) is 45.1 Å². The van der Waals surface area contributed by atoms with Gasteiger partial charge in [0.05, 0.1) is 6.61 Å².